The Labute approximate surface area is 144 Å². The average Bonchev–Trinajstić information content (AvgIpc) is 2.54. The van der Waals surface area contributed by atoms with Crippen LogP contribution in [-0.4, -0.2) is 21.0 Å². The SMILES string of the molecule is Cc1cc(O)cc(Nc2ccnc(Nc3cccc(C(N)=O)c3)n2)c1. The fourth-order valence-corrected chi connectivity index (χ4v) is 2.35. The molecule has 0 fully saturated rings. The van der Waals surface area contributed by atoms with Crippen molar-refractivity contribution in [3.63, 3.8) is 0 Å². The van der Waals surface area contributed by atoms with Crippen molar-refractivity contribution in [2.45, 2.75) is 6.92 Å². The van der Waals surface area contributed by atoms with Crippen LogP contribution in [0.4, 0.5) is 23.1 Å². The van der Waals surface area contributed by atoms with Crippen LogP contribution < -0.4 is 16.4 Å². The largest absolute Gasteiger partial charge is 0.508 e. The van der Waals surface area contributed by atoms with Crippen LogP contribution in [0.15, 0.2) is 54.7 Å². The molecule has 1 amide bonds. The van der Waals surface area contributed by atoms with E-state index >= 15 is 0 Å². The summed E-state index contributed by atoms with van der Waals surface area (Å²) in [6, 6.07) is 13.7. The molecule has 0 spiro atoms. The summed E-state index contributed by atoms with van der Waals surface area (Å²) in [5, 5.41) is 15.8. The fraction of sp³-hybridized carbons (Fsp3) is 0.0556. The van der Waals surface area contributed by atoms with Gasteiger partial charge < -0.3 is 21.5 Å². The number of amides is 1. The summed E-state index contributed by atoms with van der Waals surface area (Å²) in [5.41, 5.74) is 7.98. The molecular weight excluding hydrogens is 318 g/mol. The summed E-state index contributed by atoms with van der Waals surface area (Å²) in [4.78, 5) is 19.8. The van der Waals surface area contributed by atoms with E-state index in [1.54, 1.807) is 48.7 Å². The zero-order valence-corrected chi connectivity index (χ0v) is 13.5. The van der Waals surface area contributed by atoms with Crippen molar-refractivity contribution in [2.24, 2.45) is 5.73 Å². The number of benzene rings is 2. The molecule has 0 saturated heterocycles. The number of nitrogens with two attached hydrogens (primary N) is 1. The minimum absolute atomic E-state index is 0.179. The number of hydrogen-bond acceptors (Lipinski definition) is 6. The van der Waals surface area contributed by atoms with E-state index in [4.69, 9.17) is 5.73 Å². The number of phenols is 1. The number of hydrogen-bond donors (Lipinski definition) is 4. The van der Waals surface area contributed by atoms with Gasteiger partial charge in [-0.3, -0.25) is 4.79 Å². The lowest BCUT2D eigenvalue weighted by molar-refractivity contribution is 0.100. The molecule has 3 aromatic rings. The summed E-state index contributed by atoms with van der Waals surface area (Å²) in [7, 11) is 0. The fourth-order valence-electron chi connectivity index (χ4n) is 2.35. The summed E-state index contributed by atoms with van der Waals surface area (Å²) in [5.74, 6) is 0.606. The maximum absolute atomic E-state index is 11.3. The summed E-state index contributed by atoms with van der Waals surface area (Å²) in [6.45, 7) is 1.89. The predicted octanol–water partition coefficient (Wildman–Crippen LogP) is 3.08. The van der Waals surface area contributed by atoms with Gasteiger partial charge in [0.2, 0.25) is 11.9 Å². The topological polar surface area (TPSA) is 113 Å². The molecule has 1 heterocycles. The number of aromatic nitrogens is 2. The normalized spacial score (nSPS) is 10.3. The van der Waals surface area contributed by atoms with E-state index < -0.39 is 5.91 Å². The molecule has 0 aliphatic rings. The number of aryl methyl sites for hydroxylation is 1. The first-order chi connectivity index (χ1) is 12.0. The molecule has 126 valence electrons. The van der Waals surface area contributed by atoms with E-state index in [1.165, 1.54) is 0 Å². The number of nitrogens with one attached hydrogen (secondary N) is 2. The molecule has 0 aliphatic heterocycles. The molecule has 7 heteroatoms. The van der Waals surface area contributed by atoms with Crippen LogP contribution >= 0.6 is 0 Å². The molecule has 0 atom stereocenters. The molecular formula is C18H17N5O2. The molecule has 0 saturated carbocycles. The van der Waals surface area contributed by atoms with Crippen molar-refractivity contribution in [1.29, 1.82) is 0 Å². The maximum atomic E-state index is 11.3. The van der Waals surface area contributed by atoms with Gasteiger partial charge in [-0.25, -0.2) is 4.98 Å². The number of nitrogens with zero attached hydrogens (tertiary/aromatic N) is 2. The van der Waals surface area contributed by atoms with Crippen molar-refractivity contribution in [1.82, 2.24) is 9.97 Å². The zero-order chi connectivity index (χ0) is 17.8. The van der Waals surface area contributed by atoms with Crippen LogP contribution in [0.2, 0.25) is 0 Å². The second-order valence-corrected chi connectivity index (χ2v) is 5.52. The monoisotopic (exact) mass is 335 g/mol. The Hall–Kier alpha value is -3.61. The molecule has 3 rings (SSSR count). The third-order valence-electron chi connectivity index (χ3n) is 3.39. The minimum Gasteiger partial charge on any atom is -0.508 e. The third kappa shape index (κ3) is 4.23. The Morgan fingerprint density at radius 3 is 2.68 bits per heavy atom. The second kappa shape index (κ2) is 6.88. The smallest absolute Gasteiger partial charge is 0.248 e. The van der Waals surface area contributed by atoms with Crippen molar-refractivity contribution in [2.75, 3.05) is 10.6 Å². The van der Waals surface area contributed by atoms with Crippen LogP contribution in [0.3, 0.4) is 0 Å². The van der Waals surface area contributed by atoms with E-state index in [9.17, 15) is 9.90 Å². The van der Waals surface area contributed by atoms with Gasteiger partial charge in [0, 0.05) is 29.2 Å². The van der Waals surface area contributed by atoms with Gasteiger partial charge in [0.15, 0.2) is 0 Å². The Kier molecular flexibility index (Phi) is 4.47. The third-order valence-corrected chi connectivity index (χ3v) is 3.39. The van der Waals surface area contributed by atoms with Crippen LogP contribution in [0.1, 0.15) is 15.9 Å². The molecule has 0 unspecified atom stereocenters. The number of aromatic hydroxyl groups is 1. The standard InChI is InChI=1S/C18H17N5O2/c1-11-7-14(10-15(24)8-11)21-16-5-6-20-18(23-16)22-13-4-2-3-12(9-13)17(19)25/h2-10,24H,1H3,(H2,19,25)(H2,20,21,22,23). The highest BCUT2D eigenvalue weighted by Gasteiger charge is 2.05. The molecule has 2 aromatic carbocycles. The lowest BCUT2D eigenvalue weighted by Gasteiger charge is -2.10. The van der Waals surface area contributed by atoms with Gasteiger partial charge in [-0.05, 0) is 48.9 Å². The maximum Gasteiger partial charge on any atom is 0.248 e. The Morgan fingerprint density at radius 1 is 1.08 bits per heavy atom. The minimum atomic E-state index is -0.501. The summed E-state index contributed by atoms with van der Waals surface area (Å²) in [6.07, 6.45) is 1.60. The van der Waals surface area contributed by atoms with Crippen molar-refractivity contribution in [3.8, 4) is 5.75 Å². The van der Waals surface area contributed by atoms with Crippen molar-refractivity contribution < 1.29 is 9.90 Å². The van der Waals surface area contributed by atoms with E-state index in [2.05, 4.69) is 20.6 Å². The second-order valence-electron chi connectivity index (χ2n) is 5.52. The summed E-state index contributed by atoms with van der Waals surface area (Å²) >= 11 is 0. The molecule has 25 heavy (non-hydrogen) atoms. The van der Waals surface area contributed by atoms with Crippen LogP contribution in [0.5, 0.6) is 5.75 Å². The molecule has 7 nitrogen and oxygen atoms in total. The molecule has 5 N–H and O–H groups in total. The van der Waals surface area contributed by atoms with Gasteiger partial charge in [0.25, 0.3) is 0 Å². The first-order valence-corrected chi connectivity index (χ1v) is 7.57. The molecule has 0 radical (unpaired) electrons. The molecule has 0 bridgehead atoms. The van der Waals surface area contributed by atoms with Crippen LogP contribution in [-0.2, 0) is 0 Å². The number of primary amides is 1. The number of rotatable bonds is 5. The number of carbonyl (C=O) groups is 1. The van der Waals surface area contributed by atoms with Gasteiger partial charge in [-0.2, -0.15) is 4.98 Å². The molecule has 1 aromatic heterocycles. The Morgan fingerprint density at radius 2 is 1.92 bits per heavy atom. The molecule has 0 aliphatic carbocycles. The number of phenolic OH excluding ortho intramolecular Hbond substituents is 1. The van der Waals surface area contributed by atoms with Crippen LogP contribution in [0, 0.1) is 6.92 Å². The van der Waals surface area contributed by atoms with Gasteiger partial charge in [0.1, 0.15) is 11.6 Å². The average molecular weight is 335 g/mol. The predicted molar refractivity (Wildman–Crippen MR) is 96.4 cm³/mol. The first-order valence-electron chi connectivity index (χ1n) is 7.57. The van der Waals surface area contributed by atoms with Gasteiger partial charge in [-0.1, -0.05) is 6.07 Å². The van der Waals surface area contributed by atoms with Gasteiger partial charge in [0.05, 0.1) is 0 Å². The highest BCUT2D eigenvalue weighted by Crippen LogP contribution is 2.23. The quantitative estimate of drug-likeness (QED) is 0.570. The zero-order valence-electron chi connectivity index (χ0n) is 13.5. The van der Waals surface area contributed by atoms with Crippen LogP contribution in [0.25, 0.3) is 0 Å². The van der Waals surface area contributed by atoms with Crippen molar-refractivity contribution in [3.05, 3.63) is 65.9 Å². The van der Waals surface area contributed by atoms with E-state index in [0.29, 0.717) is 23.0 Å². The van der Waals surface area contributed by atoms with Crippen molar-refractivity contribution >= 4 is 29.0 Å². The van der Waals surface area contributed by atoms with Gasteiger partial charge >= 0.3 is 0 Å². The van der Waals surface area contributed by atoms with E-state index in [1.807, 2.05) is 13.0 Å². The Bertz CT molecular complexity index is 907. The summed E-state index contributed by atoms with van der Waals surface area (Å²) < 4.78 is 0. The highest BCUT2D eigenvalue weighted by molar-refractivity contribution is 5.93. The number of carbonyl (C=O) groups excluding carboxylic acids is 1. The Balaban J connectivity index is 1.79. The highest BCUT2D eigenvalue weighted by atomic mass is 16.3. The lowest BCUT2D eigenvalue weighted by atomic mass is 10.2. The first kappa shape index (κ1) is 16.3. The number of anilines is 4. The van der Waals surface area contributed by atoms with E-state index in [-0.39, 0.29) is 5.75 Å². The van der Waals surface area contributed by atoms with E-state index in [0.717, 1.165) is 11.3 Å². The lowest BCUT2D eigenvalue weighted by Crippen LogP contribution is -2.11. The van der Waals surface area contributed by atoms with Gasteiger partial charge in [-0.15, -0.1) is 0 Å².